The lowest BCUT2D eigenvalue weighted by Crippen LogP contribution is -2.20. The number of hydrogen-bond acceptors (Lipinski definition) is 2. The van der Waals surface area contributed by atoms with Crippen LogP contribution in [0.5, 0.6) is 0 Å². The molecule has 0 fully saturated rings. The predicted molar refractivity (Wildman–Crippen MR) is 87.5 cm³/mol. The molecule has 1 aliphatic heterocycles. The van der Waals surface area contributed by atoms with E-state index in [9.17, 15) is 0 Å². The van der Waals surface area contributed by atoms with Gasteiger partial charge in [-0.1, -0.05) is 75.4 Å². The molecule has 2 nitrogen and oxygen atoms in total. The van der Waals surface area contributed by atoms with Gasteiger partial charge in [-0.25, -0.2) is 4.99 Å². The minimum atomic E-state index is -0.0313. The summed E-state index contributed by atoms with van der Waals surface area (Å²) in [4.78, 5) is 4.81. The van der Waals surface area contributed by atoms with Crippen LogP contribution in [-0.2, 0) is 4.74 Å². The first-order valence-electron chi connectivity index (χ1n) is 7.41. The zero-order valence-corrected chi connectivity index (χ0v) is 12.8. The monoisotopic (exact) mass is 279 g/mol. The van der Waals surface area contributed by atoms with Gasteiger partial charge in [-0.05, 0) is 16.7 Å². The molecule has 3 rings (SSSR count). The van der Waals surface area contributed by atoms with Crippen molar-refractivity contribution in [1.29, 1.82) is 0 Å². The minimum Gasteiger partial charge on any atom is -0.478 e. The van der Waals surface area contributed by atoms with E-state index in [0.29, 0.717) is 6.61 Å². The van der Waals surface area contributed by atoms with Gasteiger partial charge >= 0.3 is 0 Å². The Balaban J connectivity index is 2.00. The smallest absolute Gasteiger partial charge is 0.189 e. The lowest BCUT2D eigenvalue weighted by molar-refractivity contribution is 0.283. The fourth-order valence-electron chi connectivity index (χ4n) is 2.61. The SMILES string of the molecule is CC(C)(C)C1=N[C@@H](c2ccccc2-c2ccccc2)CO1. The molecule has 0 spiro atoms. The van der Waals surface area contributed by atoms with Gasteiger partial charge in [-0.3, -0.25) is 0 Å². The molecule has 0 amide bonds. The molecule has 21 heavy (non-hydrogen) atoms. The van der Waals surface area contributed by atoms with Crippen LogP contribution in [0.15, 0.2) is 59.6 Å². The molecular weight excluding hydrogens is 258 g/mol. The van der Waals surface area contributed by atoms with Crippen molar-refractivity contribution in [3.05, 3.63) is 60.2 Å². The van der Waals surface area contributed by atoms with E-state index in [1.54, 1.807) is 0 Å². The molecule has 1 atom stereocenters. The first-order valence-corrected chi connectivity index (χ1v) is 7.41. The molecule has 1 heterocycles. The van der Waals surface area contributed by atoms with Crippen LogP contribution in [0.25, 0.3) is 11.1 Å². The third-order valence-electron chi connectivity index (χ3n) is 3.70. The van der Waals surface area contributed by atoms with E-state index in [1.807, 2.05) is 6.07 Å². The predicted octanol–water partition coefficient (Wildman–Crippen LogP) is 4.87. The van der Waals surface area contributed by atoms with Crippen LogP contribution in [-0.4, -0.2) is 12.5 Å². The second-order valence-corrected chi connectivity index (χ2v) is 6.46. The molecule has 1 aliphatic rings. The minimum absolute atomic E-state index is 0.0313. The molecule has 0 aromatic heterocycles. The van der Waals surface area contributed by atoms with E-state index in [2.05, 4.69) is 69.3 Å². The van der Waals surface area contributed by atoms with Crippen LogP contribution in [0.3, 0.4) is 0 Å². The van der Waals surface area contributed by atoms with Crippen LogP contribution in [0.4, 0.5) is 0 Å². The number of rotatable bonds is 2. The van der Waals surface area contributed by atoms with Gasteiger partial charge in [0.2, 0.25) is 0 Å². The summed E-state index contributed by atoms with van der Waals surface area (Å²) < 4.78 is 5.83. The van der Waals surface area contributed by atoms with E-state index < -0.39 is 0 Å². The Kier molecular flexibility index (Phi) is 3.54. The summed E-state index contributed by atoms with van der Waals surface area (Å²) >= 11 is 0. The maximum Gasteiger partial charge on any atom is 0.189 e. The highest BCUT2D eigenvalue weighted by molar-refractivity contribution is 5.83. The quantitative estimate of drug-likeness (QED) is 0.768. The summed E-state index contributed by atoms with van der Waals surface area (Å²) in [6, 6.07) is 19.0. The molecule has 0 bridgehead atoms. The zero-order valence-electron chi connectivity index (χ0n) is 12.8. The summed E-state index contributed by atoms with van der Waals surface area (Å²) in [6.07, 6.45) is 0. The van der Waals surface area contributed by atoms with Crippen LogP contribution < -0.4 is 0 Å². The molecule has 0 aliphatic carbocycles. The molecule has 2 aromatic carbocycles. The molecule has 0 saturated heterocycles. The number of hydrogen-bond donors (Lipinski definition) is 0. The van der Waals surface area contributed by atoms with Gasteiger partial charge in [0.1, 0.15) is 12.6 Å². The number of aliphatic imine (C=N–C) groups is 1. The average Bonchev–Trinajstić information content (AvgIpc) is 2.98. The fourth-order valence-corrected chi connectivity index (χ4v) is 2.61. The van der Waals surface area contributed by atoms with Gasteiger partial charge < -0.3 is 4.74 Å². The number of benzene rings is 2. The lowest BCUT2D eigenvalue weighted by atomic mass is 9.95. The van der Waals surface area contributed by atoms with Crippen LogP contribution >= 0.6 is 0 Å². The van der Waals surface area contributed by atoms with Gasteiger partial charge in [0.15, 0.2) is 5.90 Å². The van der Waals surface area contributed by atoms with Gasteiger partial charge in [0.25, 0.3) is 0 Å². The standard InChI is InChI=1S/C19H21NO/c1-19(2,3)18-20-17(13-21-18)16-12-8-7-11-15(16)14-9-5-4-6-10-14/h4-12,17H,13H2,1-3H3/t17-/m1/s1. The summed E-state index contributed by atoms with van der Waals surface area (Å²) in [5.41, 5.74) is 3.68. The largest absolute Gasteiger partial charge is 0.478 e. The van der Waals surface area contributed by atoms with Crippen molar-refractivity contribution in [2.75, 3.05) is 6.61 Å². The van der Waals surface area contributed by atoms with Crippen molar-refractivity contribution in [1.82, 2.24) is 0 Å². The van der Waals surface area contributed by atoms with Gasteiger partial charge in [0, 0.05) is 5.41 Å². The lowest BCUT2D eigenvalue weighted by Gasteiger charge is -2.16. The Morgan fingerprint density at radius 2 is 1.62 bits per heavy atom. The van der Waals surface area contributed by atoms with Gasteiger partial charge in [0.05, 0.1) is 0 Å². The van der Waals surface area contributed by atoms with Gasteiger partial charge in [-0.2, -0.15) is 0 Å². The van der Waals surface area contributed by atoms with Crippen molar-refractivity contribution >= 4 is 5.90 Å². The van der Waals surface area contributed by atoms with Crippen molar-refractivity contribution in [3.8, 4) is 11.1 Å². The van der Waals surface area contributed by atoms with Crippen molar-refractivity contribution in [2.45, 2.75) is 26.8 Å². The Labute approximate surface area is 126 Å². The van der Waals surface area contributed by atoms with E-state index in [1.165, 1.54) is 16.7 Å². The molecule has 0 N–H and O–H groups in total. The number of nitrogens with zero attached hydrogens (tertiary/aromatic N) is 1. The highest BCUT2D eigenvalue weighted by Crippen LogP contribution is 2.35. The molecule has 108 valence electrons. The summed E-state index contributed by atoms with van der Waals surface area (Å²) in [7, 11) is 0. The van der Waals surface area contributed by atoms with E-state index >= 15 is 0 Å². The van der Waals surface area contributed by atoms with Crippen molar-refractivity contribution in [2.24, 2.45) is 10.4 Å². The first-order chi connectivity index (χ1) is 10.1. The van der Waals surface area contributed by atoms with E-state index in [4.69, 9.17) is 9.73 Å². The normalized spacial score (nSPS) is 18.2. The molecule has 0 saturated carbocycles. The summed E-state index contributed by atoms with van der Waals surface area (Å²) in [6.45, 7) is 7.04. The third kappa shape index (κ3) is 2.85. The van der Waals surface area contributed by atoms with E-state index in [-0.39, 0.29) is 11.5 Å². The van der Waals surface area contributed by atoms with Crippen LogP contribution in [0, 0.1) is 5.41 Å². The second-order valence-electron chi connectivity index (χ2n) is 6.46. The second kappa shape index (κ2) is 5.36. The van der Waals surface area contributed by atoms with Crippen molar-refractivity contribution in [3.63, 3.8) is 0 Å². The number of ether oxygens (including phenoxy) is 1. The molecule has 2 heteroatoms. The van der Waals surface area contributed by atoms with Crippen LogP contribution in [0.1, 0.15) is 32.4 Å². The average molecular weight is 279 g/mol. The van der Waals surface area contributed by atoms with Crippen LogP contribution in [0.2, 0.25) is 0 Å². The molecule has 2 aromatic rings. The molecule has 0 radical (unpaired) electrons. The third-order valence-corrected chi connectivity index (χ3v) is 3.70. The first kappa shape index (κ1) is 13.9. The molecular formula is C19H21NO. The summed E-state index contributed by atoms with van der Waals surface area (Å²) in [5, 5.41) is 0. The van der Waals surface area contributed by atoms with Crippen molar-refractivity contribution < 1.29 is 4.74 Å². The summed E-state index contributed by atoms with van der Waals surface area (Å²) in [5.74, 6) is 0.857. The maximum atomic E-state index is 5.83. The van der Waals surface area contributed by atoms with Gasteiger partial charge in [-0.15, -0.1) is 0 Å². The van der Waals surface area contributed by atoms with E-state index in [0.717, 1.165) is 5.90 Å². The maximum absolute atomic E-state index is 5.83. The Morgan fingerprint density at radius 3 is 2.29 bits per heavy atom. The Hall–Kier alpha value is -2.09. The highest BCUT2D eigenvalue weighted by atomic mass is 16.5. The Morgan fingerprint density at radius 1 is 0.952 bits per heavy atom. The zero-order chi connectivity index (χ0) is 14.9. The fraction of sp³-hybridized carbons (Fsp3) is 0.316. The Bertz CT molecular complexity index is 653. The topological polar surface area (TPSA) is 21.6 Å². The highest BCUT2D eigenvalue weighted by Gasteiger charge is 2.30. The molecule has 0 unspecified atom stereocenters.